The molecule has 0 radical (unpaired) electrons. The first-order chi connectivity index (χ1) is 10.5. The van der Waals surface area contributed by atoms with Gasteiger partial charge in [0.25, 0.3) is 5.91 Å². The van der Waals surface area contributed by atoms with Crippen LogP contribution in [0.3, 0.4) is 0 Å². The molecule has 1 unspecified atom stereocenters. The van der Waals surface area contributed by atoms with E-state index in [1.165, 1.54) is 4.68 Å². The summed E-state index contributed by atoms with van der Waals surface area (Å²) < 4.78 is 1.50. The highest BCUT2D eigenvalue weighted by atomic mass is 16.1. The molecule has 0 spiro atoms. The lowest BCUT2D eigenvalue weighted by Gasteiger charge is -2.11. The number of nitrogens with two attached hydrogens (primary N) is 2. The van der Waals surface area contributed by atoms with Crippen molar-refractivity contribution in [1.82, 2.24) is 15.0 Å². The summed E-state index contributed by atoms with van der Waals surface area (Å²) in [7, 11) is 0. The maximum absolute atomic E-state index is 12.2. The van der Waals surface area contributed by atoms with Gasteiger partial charge in [0.1, 0.15) is 5.82 Å². The van der Waals surface area contributed by atoms with Crippen molar-refractivity contribution in [2.45, 2.75) is 38.8 Å². The zero-order chi connectivity index (χ0) is 15.9. The zero-order valence-electron chi connectivity index (χ0n) is 12.8. The van der Waals surface area contributed by atoms with Gasteiger partial charge in [0.05, 0.1) is 17.9 Å². The minimum atomic E-state index is -0.233. The molecule has 0 aliphatic heterocycles. The number of amides is 1. The van der Waals surface area contributed by atoms with Crippen molar-refractivity contribution >= 4 is 5.91 Å². The second-order valence-electron chi connectivity index (χ2n) is 5.94. The van der Waals surface area contributed by atoms with E-state index < -0.39 is 0 Å². The fourth-order valence-corrected chi connectivity index (χ4v) is 2.49. The SMILES string of the molecule is Cc1cc(-c2cnc(C(C)N)n2N)ccc1C(=O)NC1CC1. The Morgan fingerprint density at radius 2 is 2.18 bits per heavy atom. The van der Waals surface area contributed by atoms with Gasteiger partial charge >= 0.3 is 0 Å². The van der Waals surface area contributed by atoms with E-state index in [2.05, 4.69) is 10.3 Å². The van der Waals surface area contributed by atoms with Crippen molar-refractivity contribution in [1.29, 1.82) is 0 Å². The van der Waals surface area contributed by atoms with Gasteiger partial charge in [-0.05, 0) is 44.4 Å². The van der Waals surface area contributed by atoms with E-state index in [4.69, 9.17) is 11.6 Å². The average molecular weight is 299 g/mol. The predicted molar refractivity (Wildman–Crippen MR) is 85.6 cm³/mol. The number of hydrogen-bond acceptors (Lipinski definition) is 4. The number of rotatable bonds is 4. The number of imidazole rings is 1. The smallest absolute Gasteiger partial charge is 0.251 e. The lowest BCUT2D eigenvalue weighted by molar-refractivity contribution is 0.0950. The van der Waals surface area contributed by atoms with Crippen molar-refractivity contribution in [2.24, 2.45) is 5.73 Å². The topological polar surface area (TPSA) is 99.0 Å². The van der Waals surface area contributed by atoms with Crippen LogP contribution in [0.15, 0.2) is 24.4 Å². The molecule has 6 nitrogen and oxygen atoms in total. The quantitative estimate of drug-likeness (QED) is 0.745. The average Bonchev–Trinajstić information content (AvgIpc) is 3.18. The number of aromatic nitrogens is 2. The molecule has 1 amide bonds. The fraction of sp³-hybridized carbons (Fsp3) is 0.375. The van der Waals surface area contributed by atoms with Crippen LogP contribution in [-0.4, -0.2) is 21.6 Å². The van der Waals surface area contributed by atoms with E-state index in [9.17, 15) is 4.79 Å². The highest BCUT2D eigenvalue weighted by Gasteiger charge is 2.24. The first-order valence-corrected chi connectivity index (χ1v) is 7.47. The molecule has 3 rings (SSSR count). The molecule has 1 fully saturated rings. The number of nitrogens with one attached hydrogen (secondary N) is 1. The van der Waals surface area contributed by atoms with Gasteiger partial charge in [-0.3, -0.25) is 4.79 Å². The van der Waals surface area contributed by atoms with Crippen LogP contribution < -0.4 is 16.9 Å². The maximum atomic E-state index is 12.2. The van der Waals surface area contributed by atoms with Crippen LogP contribution in [0.5, 0.6) is 0 Å². The summed E-state index contributed by atoms with van der Waals surface area (Å²) in [6, 6.07) is 5.79. The molecule has 0 saturated heterocycles. The van der Waals surface area contributed by atoms with E-state index in [0.29, 0.717) is 17.4 Å². The number of carbonyl (C=O) groups excluding carboxylic acids is 1. The zero-order valence-corrected chi connectivity index (χ0v) is 12.8. The summed E-state index contributed by atoms with van der Waals surface area (Å²) in [4.78, 5) is 16.4. The van der Waals surface area contributed by atoms with E-state index >= 15 is 0 Å². The second kappa shape index (κ2) is 5.46. The van der Waals surface area contributed by atoms with Gasteiger partial charge in [0.2, 0.25) is 0 Å². The number of nitrogen functional groups attached to an aromatic ring is 1. The van der Waals surface area contributed by atoms with E-state index in [-0.39, 0.29) is 11.9 Å². The molecular weight excluding hydrogens is 278 g/mol. The third-order valence-corrected chi connectivity index (χ3v) is 3.91. The Balaban J connectivity index is 1.89. The number of benzene rings is 1. The third-order valence-electron chi connectivity index (χ3n) is 3.91. The van der Waals surface area contributed by atoms with Crippen LogP contribution in [0, 0.1) is 6.92 Å². The summed E-state index contributed by atoms with van der Waals surface area (Å²) in [6.07, 6.45) is 3.86. The molecule has 1 aromatic heterocycles. The molecule has 1 aliphatic carbocycles. The van der Waals surface area contributed by atoms with Crippen LogP contribution in [0.25, 0.3) is 11.3 Å². The van der Waals surface area contributed by atoms with Crippen LogP contribution in [0.2, 0.25) is 0 Å². The van der Waals surface area contributed by atoms with Crippen molar-refractivity contribution in [2.75, 3.05) is 5.84 Å². The van der Waals surface area contributed by atoms with Crippen LogP contribution >= 0.6 is 0 Å². The Kier molecular flexibility index (Phi) is 3.62. The molecule has 6 heteroatoms. The van der Waals surface area contributed by atoms with E-state index in [1.807, 2.05) is 32.0 Å². The molecule has 1 atom stereocenters. The molecule has 1 saturated carbocycles. The van der Waals surface area contributed by atoms with Gasteiger partial charge in [0, 0.05) is 17.2 Å². The van der Waals surface area contributed by atoms with Crippen molar-refractivity contribution in [3.63, 3.8) is 0 Å². The normalized spacial score (nSPS) is 15.6. The Hall–Kier alpha value is -2.34. The number of carbonyl (C=O) groups is 1. The van der Waals surface area contributed by atoms with Gasteiger partial charge in [-0.15, -0.1) is 0 Å². The molecule has 0 bridgehead atoms. The molecule has 116 valence electrons. The highest BCUT2D eigenvalue weighted by molar-refractivity contribution is 5.96. The van der Waals surface area contributed by atoms with Crippen molar-refractivity contribution < 1.29 is 4.79 Å². The van der Waals surface area contributed by atoms with Gasteiger partial charge in [-0.1, -0.05) is 6.07 Å². The standard InChI is InChI=1S/C16H21N5O/c1-9-7-11(14-8-19-15(10(2)17)21(14)18)3-6-13(9)16(22)20-12-4-5-12/h3,6-8,10,12H,4-5,17-18H2,1-2H3,(H,20,22). The summed E-state index contributed by atoms with van der Waals surface area (Å²) in [5, 5.41) is 3.00. The van der Waals surface area contributed by atoms with Gasteiger partial charge in [0.15, 0.2) is 0 Å². The Morgan fingerprint density at radius 3 is 2.73 bits per heavy atom. The van der Waals surface area contributed by atoms with Gasteiger partial charge in [-0.2, -0.15) is 0 Å². The number of nitrogens with zero attached hydrogens (tertiary/aromatic N) is 2. The summed E-state index contributed by atoms with van der Waals surface area (Å²) in [5.41, 5.74) is 9.15. The fourth-order valence-electron chi connectivity index (χ4n) is 2.49. The first kappa shape index (κ1) is 14.6. The largest absolute Gasteiger partial charge is 0.349 e. The molecule has 2 aromatic rings. The summed E-state index contributed by atoms with van der Waals surface area (Å²) in [5.74, 6) is 6.67. The van der Waals surface area contributed by atoms with E-state index in [1.54, 1.807) is 6.20 Å². The van der Waals surface area contributed by atoms with Crippen molar-refractivity contribution in [3.8, 4) is 11.3 Å². The van der Waals surface area contributed by atoms with Gasteiger partial charge < -0.3 is 16.9 Å². The Labute approximate surface area is 129 Å². The number of hydrogen-bond donors (Lipinski definition) is 3. The van der Waals surface area contributed by atoms with Crippen molar-refractivity contribution in [3.05, 3.63) is 41.3 Å². The Morgan fingerprint density at radius 1 is 1.45 bits per heavy atom. The van der Waals surface area contributed by atoms with Crippen LogP contribution in [0.4, 0.5) is 0 Å². The minimum Gasteiger partial charge on any atom is -0.349 e. The molecular formula is C16H21N5O. The highest BCUT2D eigenvalue weighted by Crippen LogP contribution is 2.24. The van der Waals surface area contributed by atoms with Crippen LogP contribution in [-0.2, 0) is 0 Å². The first-order valence-electron chi connectivity index (χ1n) is 7.47. The molecule has 5 N–H and O–H groups in total. The lowest BCUT2D eigenvalue weighted by Crippen LogP contribution is -2.26. The van der Waals surface area contributed by atoms with Crippen LogP contribution in [0.1, 0.15) is 47.6 Å². The predicted octanol–water partition coefficient (Wildman–Crippen LogP) is 1.48. The third kappa shape index (κ3) is 2.69. The maximum Gasteiger partial charge on any atom is 0.251 e. The lowest BCUT2D eigenvalue weighted by atomic mass is 10.0. The summed E-state index contributed by atoms with van der Waals surface area (Å²) in [6.45, 7) is 3.76. The molecule has 1 aromatic carbocycles. The second-order valence-corrected chi connectivity index (χ2v) is 5.94. The van der Waals surface area contributed by atoms with Gasteiger partial charge in [-0.25, -0.2) is 9.66 Å². The molecule has 1 heterocycles. The molecule has 22 heavy (non-hydrogen) atoms. The monoisotopic (exact) mass is 299 g/mol. The number of aryl methyl sites for hydroxylation is 1. The molecule has 1 aliphatic rings. The Bertz CT molecular complexity index is 715. The van der Waals surface area contributed by atoms with E-state index in [0.717, 1.165) is 29.7 Å². The minimum absolute atomic E-state index is 0.0101. The summed E-state index contributed by atoms with van der Waals surface area (Å²) >= 11 is 0.